The molecule has 2 aromatic rings. The molecule has 0 aromatic heterocycles. The first-order valence-electron chi connectivity index (χ1n) is 9.89. The smallest absolute Gasteiger partial charge is 0.222 e. The van der Waals surface area contributed by atoms with Crippen molar-refractivity contribution in [1.82, 2.24) is 5.32 Å². The maximum atomic E-state index is 11.7. The Morgan fingerprint density at radius 1 is 1.18 bits per heavy atom. The largest absolute Gasteiger partial charge is 0.310 e. The van der Waals surface area contributed by atoms with Gasteiger partial charge in [0.15, 0.2) is 0 Å². The predicted molar refractivity (Wildman–Crippen MR) is 118 cm³/mol. The van der Waals surface area contributed by atoms with Gasteiger partial charge in [0.2, 0.25) is 5.91 Å². The van der Waals surface area contributed by atoms with E-state index in [0.717, 1.165) is 29.9 Å². The molecule has 0 radical (unpaired) electrons. The molecule has 28 heavy (non-hydrogen) atoms. The zero-order valence-electron chi connectivity index (χ0n) is 16.6. The zero-order chi connectivity index (χ0) is 20.1. The standard InChI is InChI=1S/C24H27ClN2O/c1-4-18-11-14-23(25)22(15-18)24(27-17(3)28)26-16(2)21-12-9-20(10-13-21)8-7-19-5-6-19/h9-15,19H,2,4-8H2,1,3H3,(H,26,27,28). The van der Waals surface area contributed by atoms with Gasteiger partial charge in [-0.2, -0.15) is 0 Å². The summed E-state index contributed by atoms with van der Waals surface area (Å²) in [7, 11) is 0. The van der Waals surface area contributed by atoms with E-state index in [2.05, 4.69) is 35.9 Å². The van der Waals surface area contributed by atoms with Gasteiger partial charge in [-0.15, -0.1) is 0 Å². The molecule has 1 aliphatic rings. The van der Waals surface area contributed by atoms with Crippen LogP contribution in [-0.2, 0) is 17.6 Å². The van der Waals surface area contributed by atoms with E-state index in [-0.39, 0.29) is 5.91 Å². The Balaban J connectivity index is 1.83. The van der Waals surface area contributed by atoms with Gasteiger partial charge in [0, 0.05) is 12.5 Å². The fourth-order valence-corrected chi connectivity index (χ4v) is 3.34. The summed E-state index contributed by atoms with van der Waals surface area (Å²) in [6.45, 7) is 7.64. The summed E-state index contributed by atoms with van der Waals surface area (Å²) in [6, 6.07) is 14.2. The number of halogens is 1. The van der Waals surface area contributed by atoms with Gasteiger partial charge in [-0.05, 0) is 54.0 Å². The molecule has 2 aromatic carbocycles. The summed E-state index contributed by atoms with van der Waals surface area (Å²) in [5, 5.41) is 3.35. The van der Waals surface area contributed by atoms with Crippen LogP contribution in [0, 0.1) is 5.92 Å². The topological polar surface area (TPSA) is 41.5 Å². The molecule has 3 nitrogen and oxygen atoms in total. The number of nitrogens with one attached hydrogen (secondary N) is 1. The van der Waals surface area contributed by atoms with Crippen molar-refractivity contribution in [3.63, 3.8) is 0 Å². The van der Waals surface area contributed by atoms with Crippen LogP contribution in [0.5, 0.6) is 0 Å². The molecule has 1 aliphatic carbocycles. The van der Waals surface area contributed by atoms with Gasteiger partial charge < -0.3 is 5.32 Å². The van der Waals surface area contributed by atoms with Gasteiger partial charge in [0.25, 0.3) is 0 Å². The van der Waals surface area contributed by atoms with Gasteiger partial charge >= 0.3 is 0 Å². The van der Waals surface area contributed by atoms with Gasteiger partial charge in [0.05, 0.1) is 10.7 Å². The predicted octanol–water partition coefficient (Wildman–Crippen LogP) is 5.80. The molecule has 1 fully saturated rings. The average molecular weight is 395 g/mol. The Kier molecular flexibility index (Phi) is 6.69. The lowest BCUT2D eigenvalue weighted by atomic mass is 10.0. The average Bonchev–Trinajstić information content (AvgIpc) is 3.51. The number of hydrogen-bond acceptors (Lipinski definition) is 2. The van der Waals surface area contributed by atoms with E-state index in [1.807, 2.05) is 30.3 Å². The Hall–Kier alpha value is -2.39. The summed E-state index contributed by atoms with van der Waals surface area (Å²) in [5.41, 5.74) is 4.70. The number of carbonyl (C=O) groups is 1. The molecule has 146 valence electrons. The van der Waals surface area contributed by atoms with Crippen LogP contribution in [0.2, 0.25) is 5.02 Å². The van der Waals surface area contributed by atoms with Crippen LogP contribution in [0.25, 0.3) is 5.70 Å². The highest BCUT2D eigenvalue weighted by Crippen LogP contribution is 2.33. The van der Waals surface area contributed by atoms with Crippen molar-refractivity contribution in [1.29, 1.82) is 0 Å². The van der Waals surface area contributed by atoms with E-state index in [1.54, 1.807) is 0 Å². The summed E-state index contributed by atoms with van der Waals surface area (Å²) in [4.78, 5) is 16.3. The van der Waals surface area contributed by atoms with Gasteiger partial charge in [-0.1, -0.05) is 68.3 Å². The van der Waals surface area contributed by atoms with Crippen molar-refractivity contribution >= 4 is 29.0 Å². The number of hydrogen-bond donors (Lipinski definition) is 1. The molecule has 0 atom stereocenters. The second-order valence-electron chi connectivity index (χ2n) is 7.44. The SMILES string of the molecule is C=C(/N=C(\NC(C)=O)c1cc(CC)ccc1Cl)c1ccc(CCC2CC2)cc1. The van der Waals surface area contributed by atoms with E-state index in [4.69, 9.17) is 11.6 Å². The van der Waals surface area contributed by atoms with Crippen LogP contribution in [0.15, 0.2) is 54.0 Å². The molecule has 0 spiro atoms. The Morgan fingerprint density at radius 2 is 1.86 bits per heavy atom. The second-order valence-corrected chi connectivity index (χ2v) is 7.84. The number of carbonyl (C=O) groups excluding carboxylic acids is 1. The molecule has 0 saturated heterocycles. The molecule has 0 bridgehead atoms. The fourth-order valence-electron chi connectivity index (χ4n) is 3.14. The fraction of sp³-hybridized carbons (Fsp3) is 0.333. The number of aliphatic imine (C=N–C) groups is 1. The van der Waals surface area contributed by atoms with E-state index in [0.29, 0.717) is 22.1 Å². The Morgan fingerprint density at radius 3 is 2.46 bits per heavy atom. The van der Waals surface area contributed by atoms with Crippen LogP contribution < -0.4 is 5.32 Å². The molecule has 3 rings (SSSR count). The van der Waals surface area contributed by atoms with Crippen molar-refractivity contribution in [3.05, 3.63) is 76.3 Å². The molecular formula is C24H27ClN2O. The van der Waals surface area contributed by atoms with Crippen LogP contribution in [0.1, 0.15) is 55.4 Å². The van der Waals surface area contributed by atoms with Crippen LogP contribution in [0.3, 0.4) is 0 Å². The number of rotatable bonds is 7. The summed E-state index contributed by atoms with van der Waals surface area (Å²) >= 11 is 6.39. The first kappa shape index (κ1) is 20.3. The lowest BCUT2D eigenvalue weighted by Gasteiger charge is -2.12. The van der Waals surface area contributed by atoms with Crippen molar-refractivity contribution < 1.29 is 4.79 Å². The van der Waals surface area contributed by atoms with Crippen LogP contribution in [0.4, 0.5) is 0 Å². The zero-order valence-corrected chi connectivity index (χ0v) is 17.4. The highest BCUT2D eigenvalue weighted by molar-refractivity contribution is 6.34. The van der Waals surface area contributed by atoms with Gasteiger partial charge in [-0.25, -0.2) is 4.99 Å². The molecule has 0 aliphatic heterocycles. The highest BCUT2D eigenvalue weighted by atomic mass is 35.5. The molecular weight excluding hydrogens is 368 g/mol. The lowest BCUT2D eigenvalue weighted by molar-refractivity contribution is -0.117. The maximum Gasteiger partial charge on any atom is 0.222 e. The van der Waals surface area contributed by atoms with E-state index in [1.165, 1.54) is 31.7 Å². The summed E-state index contributed by atoms with van der Waals surface area (Å²) < 4.78 is 0. The monoisotopic (exact) mass is 394 g/mol. The Bertz CT molecular complexity index is 895. The van der Waals surface area contributed by atoms with Crippen molar-refractivity contribution in [2.75, 3.05) is 0 Å². The van der Waals surface area contributed by atoms with Crippen molar-refractivity contribution in [2.24, 2.45) is 10.9 Å². The molecule has 1 amide bonds. The minimum Gasteiger partial charge on any atom is -0.310 e. The number of aryl methyl sites for hydroxylation is 2. The second kappa shape index (κ2) is 9.20. The minimum absolute atomic E-state index is 0.194. The van der Waals surface area contributed by atoms with E-state index >= 15 is 0 Å². The lowest BCUT2D eigenvalue weighted by Crippen LogP contribution is -2.29. The maximum absolute atomic E-state index is 11.7. The molecule has 1 N–H and O–H groups in total. The van der Waals surface area contributed by atoms with Gasteiger partial charge in [0.1, 0.15) is 5.84 Å². The number of benzene rings is 2. The Labute approximate surface area is 172 Å². The molecule has 1 saturated carbocycles. The quantitative estimate of drug-likeness (QED) is 0.468. The molecule has 4 heteroatoms. The number of amidine groups is 1. The van der Waals surface area contributed by atoms with E-state index < -0.39 is 0 Å². The first-order chi connectivity index (χ1) is 13.5. The third-order valence-electron chi connectivity index (χ3n) is 5.06. The van der Waals surface area contributed by atoms with Crippen molar-refractivity contribution in [3.8, 4) is 0 Å². The van der Waals surface area contributed by atoms with Crippen LogP contribution >= 0.6 is 11.6 Å². The number of nitrogens with zero attached hydrogens (tertiary/aromatic N) is 1. The van der Waals surface area contributed by atoms with Crippen molar-refractivity contribution in [2.45, 2.75) is 46.0 Å². The number of amides is 1. The highest BCUT2D eigenvalue weighted by Gasteiger charge is 2.20. The summed E-state index contributed by atoms with van der Waals surface area (Å²) in [6.07, 6.45) is 6.05. The minimum atomic E-state index is -0.194. The van der Waals surface area contributed by atoms with E-state index in [9.17, 15) is 4.79 Å². The normalized spacial score (nSPS) is 14.0. The van der Waals surface area contributed by atoms with Gasteiger partial charge in [-0.3, -0.25) is 4.79 Å². The third-order valence-corrected chi connectivity index (χ3v) is 5.39. The first-order valence-corrected chi connectivity index (χ1v) is 10.3. The van der Waals surface area contributed by atoms with Crippen LogP contribution in [-0.4, -0.2) is 11.7 Å². The third kappa shape index (κ3) is 5.56. The summed E-state index contributed by atoms with van der Waals surface area (Å²) in [5.74, 6) is 1.17. The molecule has 0 unspecified atom stereocenters. The molecule has 0 heterocycles.